The zero-order valence-electron chi connectivity index (χ0n) is 17.9. The molecule has 1 N–H and O–H groups in total. The molecule has 3 rings (SSSR count). The average Bonchev–Trinajstić information content (AvgIpc) is 2.81. The van der Waals surface area contributed by atoms with Crippen molar-refractivity contribution in [3.63, 3.8) is 0 Å². The van der Waals surface area contributed by atoms with Gasteiger partial charge in [-0.05, 0) is 66.1 Å². The van der Waals surface area contributed by atoms with Crippen LogP contribution in [-0.2, 0) is 22.4 Å². The van der Waals surface area contributed by atoms with E-state index in [1.165, 1.54) is 14.2 Å². The topological polar surface area (TPSA) is 73.9 Å². The molecule has 3 aromatic carbocycles. The predicted octanol–water partition coefficient (Wildman–Crippen LogP) is 4.83. The minimum Gasteiger partial charge on any atom is -0.493 e. The van der Waals surface area contributed by atoms with Crippen molar-refractivity contribution in [2.75, 3.05) is 20.8 Å². The van der Waals surface area contributed by atoms with Gasteiger partial charge in [-0.3, -0.25) is 9.59 Å². The molecule has 0 unspecified atom stereocenters. The van der Waals surface area contributed by atoms with Gasteiger partial charge in [-0.2, -0.15) is 0 Å². The number of halogens is 1. The first kappa shape index (κ1) is 23.2. The van der Waals surface area contributed by atoms with Gasteiger partial charge in [0.25, 0.3) is 5.91 Å². The van der Waals surface area contributed by atoms with Crippen molar-refractivity contribution in [2.24, 2.45) is 0 Å². The van der Waals surface area contributed by atoms with Crippen molar-refractivity contribution in [1.82, 2.24) is 5.32 Å². The summed E-state index contributed by atoms with van der Waals surface area (Å²) < 4.78 is 15.9. The van der Waals surface area contributed by atoms with Crippen LogP contribution in [0.1, 0.15) is 21.5 Å². The summed E-state index contributed by atoms with van der Waals surface area (Å²) in [7, 11) is 2.88. The monoisotopic (exact) mass is 453 g/mol. The number of ether oxygens (including phenoxy) is 3. The van der Waals surface area contributed by atoms with E-state index in [0.29, 0.717) is 34.4 Å². The summed E-state index contributed by atoms with van der Waals surface area (Å²) in [6.07, 6.45) is 0.866. The minimum atomic E-state index is -0.331. The molecule has 0 radical (unpaired) electrons. The normalized spacial score (nSPS) is 10.3. The van der Waals surface area contributed by atoms with Crippen LogP contribution in [-0.4, -0.2) is 32.6 Å². The Balaban J connectivity index is 1.57. The number of nitrogens with one attached hydrogen (secondary N) is 1. The number of amides is 1. The molecule has 0 atom stereocenters. The number of carbonyl (C=O) groups is 2. The van der Waals surface area contributed by atoms with Crippen LogP contribution in [0.5, 0.6) is 17.2 Å². The molecule has 166 valence electrons. The van der Waals surface area contributed by atoms with Crippen molar-refractivity contribution < 1.29 is 23.8 Å². The number of carbonyl (C=O) groups excluding carboxylic acids is 2. The summed E-state index contributed by atoms with van der Waals surface area (Å²) in [5, 5.41) is 3.60. The lowest BCUT2D eigenvalue weighted by molar-refractivity contribution is -0.139. The summed E-state index contributed by atoms with van der Waals surface area (Å²) in [6.45, 7) is 0.522. The first-order valence-electron chi connectivity index (χ1n) is 10.0. The summed E-state index contributed by atoms with van der Waals surface area (Å²) in [6, 6.07) is 19.6. The number of rotatable bonds is 9. The maximum absolute atomic E-state index is 12.4. The van der Waals surface area contributed by atoms with Gasteiger partial charge >= 0.3 is 5.97 Å². The van der Waals surface area contributed by atoms with Crippen LogP contribution in [0.15, 0.2) is 66.7 Å². The van der Waals surface area contributed by atoms with Gasteiger partial charge in [-0.15, -0.1) is 0 Å². The molecule has 32 heavy (non-hydrogen) atoms. The zero-order chi connectivity index (χ0) is 22.9. The number of hydrogen-bond donors (Lipinski definition) is 1. The van der Waals surface area contributed by atoms with Crippen LogP contribution in [0.25, 0.3) is 0 Å². The molecule has 0 aliphatic carbocycles. The van der Waals surface area contributed by atoms with Gasteiger partial charge in [0, 0.05) is 17.1 Å². The third-order valence-electron chi connectivity index (χ3n) is 4.76. The van der Waals surface area contributed by atoms with Crippen molar-refractivity contribution >= 4 is 23.5 Å². The fraction of sp³-hybridized carbons (Fsp3) is 0.200. The highest BCUT2D eigenvalue weighted by atomic mass is 35.5. The lowest BCUT2D eigenvalue weighted by Gasteiger charge is -2.12. The molecule has 0 spiro atoms. The molecule has 0 fully saturated rings. The fourth-order valence-electron chi connectivity index (χ4n) is 3.02. The van der Waals surface area contributed by atoms with Crippen LogP contribution in [0.3, 0.4) is 0 Å². The van der Waals surface area contributed by atoms with Gasteiger partial charge in [0.05, 0.1) is 20.6 Å². The molecule has 1 amide bonds. The van der Waals surface area contributed by atoms with E-state index < -0.39 is 0 Å². The van der Waals surface area contributed by atoms with Gasteiger partial charge in [0.15, 0.2) is 11.5 Å². The van der Waals surface area contributed by atoms with Gasteiger partial charge in [-0.25, -0.2) is 0 Å². The van der Waals surface area contributed by atoms with Crippen molar-refractivity contribution in [2.45, 2.75) is 12.8 Å². The minimum absolute atomic E-state index is 0.148. The lowest BCUT2D eigenvalue weighted by atomic mass is 10.1. The molecular weight excluding hydrogens is 430 g/mol. The molecule has 0 aliphatic rings. The third-order valence-corrected chi connectivity index (χ3v) is 5.01. The van der Waals surface area contributed by atoms with Crippen molar-refractivity contribution in [1.29, 1.82) is 0 Å². The Hall–Kier alpha value is -3.51. The van der Waals surface area contributed by atoms with E-state index in [4.69, 9.17) is 21.1 Å². The molecule has 0 aromatic heterocycles. The van der Waals surface area contributed by atoms with Crippen LogP contribution in [0, 0.1) is 0 Å². The quantitative estimate of drug-likeness (QED) is 0.470. The smallest absolute Gasteiger partial charge is 0.309 e. The van der Waals surface area contributed by atoms with E-state index in [-0.39, 0.29) is 18.3 Å². The Bertz CT molecular complexity index is 1060. The first-order valence-corrected chi connectivity index (χ1v) is 10.4. The number of hydrogen-bond acceptors (Lipinski definition) is 5. The van der Waals surface area contributed by atoms with E-state index in [2.05, 4.69) is 10.1 Å². The average molecular weight is 454 g/mol. The Morgan fingerprint density at radius 3 is 2.22 bits per heavy atom. The summed E-state index contributed by atoms with van der Waals surface area (Å²) in [4.78, 5) is 23.8. The SMILES string of the molecule is COC(=O)Cc1ccc(Oc2ccc(C(=O)NCCc3ccc(Cl)cc3)cc2)c(OC)c1. The first-order chi connectivity index (χ1) is 15.5. The maximum atomic E-state index is 12.4. The molecule has 3 aromatic rings. The Labute approximate surface area is 192 Å². The molecule has 0 bridgehead atoms. The largest absolute Gasteiger partial charge is 0.493 e. The van der Waals surface area contributed by atoms with E-state index >= 15 is 0 Å². The van der Waals surface area contributed by atoms with Crippen LogP contribution < -0.4 is 14.8 Å². The second-order valence-electron chi connectivity index (χ2n) is 7.00. The second kappa shape index (κ2) is 11.2. The van der Waals surface area contributed by atoms with Gasteiger partial charge in [0.2, 0.25) is 0 Å². The van der Waals surface area contributed by atoms with Crippen LogP contribution >= 0.6 is 11.6 Å². The zero-order valence-corrected chi connectivity index (χ0v) is 18.6. The summed E-state index contributed by atoms with van der Waals surface area (Å²) in [5.41, 5.74) is 2.39. The maximum Gasteiger partial charge on any atom is 0.309 e. The predicted molar refractivity (Wildman–Crippen MR) is 123 cm³/mol. The van der Waals surface area contributed by atoms with E-state index in [1.807, 2.05) is 24.3 Å². The highest BCUT2D eigenvalue weighted by Gasteiger charge is 2.11. The molecule has 6 nitrogen and oxygen atoms in total. The lowest BCUT2D eigenvalue weighted by Crippen LogP contribution is -2.25. The van der Waals surface area contributed by atoms with Crippen molar-refractivity contribution in [3.8, 4) is 17.2 Å². The highest BCUT2D eigenvalue weighted by Crippen LogP contribution is 2.32. The van der Waals surface area contributed by atoms with Gasteiger partial charge in [0.1, 0.15) is 5.75 Å². The number of methoxy groups -OCH3 is 2. The Kier molecular flexibility index (Phi) is 8.11. The summed E-state index contributed by atoms with van der Waals surface area (Å²) >= 11 is 5.88. The second-order valence-corrected chi connectivity index (χ2v) is 7.43. The molecule has 0 aliphatic heterocycles. The Morgan fingerprint density at radius 1 is 0.875 bits per heavy atom. The molecule has 0 saturated heterocycles. The van der Waals surface area contributed by atoms with E-state index in [1.54, 1.807) is 42.5 Å². The summed E-state index contributed by atoms with van der Waals surface area (Å²) in [5.74, 6) is 1.07. The molecule has 7 heteroatoms. The standard InChI is InChI=1S/C25H24ClNO5/c1-30-23-15-18(16-24(28)31-2)5-12-22(23)32-21-10-6-19(7-11-21)25(29)27-14-13-17-3-8-20(26)9-4-17/h3-12,15H,13-14,16H2,1-2H3,(H,27,29). The van der Waals surface area contributed by atoms with Gasteiger partial charge in [-0.1, -0.05) is 29.8 Å². The highest BCUT2D eigenvalue weighted by molar-refractivity contribution is 6.30. The van der Waals surface area contributed by atoms with E-state index in [9.17, 15) is 9.59 Å². The molecule has 0 saturated carbocycles. The fourth-order valence-corrected chi connectivity index (χ4v) is 3.15. The van der Waals surface area contributed by atoms with E-state index in [0.717, 1.165) is 17.5 Å². The van der Waals surface area contributed by atoms with Crippen LogP contribution in [0.2, 0.25) is 5.02 Å². The number of esters is 1. The third kappa shape index (κ3) is 6.49. The van der Waals surface area contributed by atoms with Crippen LogP contribution in [0.4, 0.5) is 0 Å². The Morgan fingerprint density at radius 2 is 1.56 bits per heavy atom. The van der Waals surface area contributed by atoms with Crippen molar-refractivity contribution in [3.05, 3.63) is 88.4 Å². The number of benzene rings is 3. The van der Waals surface area contributed by atoms with Gasteiger partial charge < -0.3 is 19.5 Å². The molecular formula is C25H24ClNO5. The molecule has 0 heterocycles.